The molecule has 80 valence electrons. The summed E-state index contributed by atoms with van der Waals surface area (Å²) in [4.78, 5) is 4.53. The van der Waals surface area contributed by atoms with Crippen LogP contribution in [-0.4, -0.2) is 36.4 Å². The highest BCUT2D eigenvalue weighted by molar-refractivity contribution is 6.15. The quantitative estimate of drug-likeness (QED) is 0.656. The highest BCUT2D eigenvalue weighted by Gasteiger charge is 2.05. The summed E-state index contributed by atoms with van der Waals surface area (Å²) in [5.74, 6) is 0. The molecule has 1 aliphatic heterocycles. The molecule has 0 fully saturated rings. The number of unbranched alkanes of at least 4 members (excludes halogenated alkanes) is 1. The van der Waals surface area contributed by atoms with Crippen LogP contribution in [0.2, 0.25) is 0 Å². The van der Waals surface area contributed by atoms with Gasteiger partial charge in [0.05, 0.1) is 6.67 Å². The number of halogens is 1. The molecule has 1 heterocycles. The maximum Gasteiger partial charge on any atom is 0.0890 e. The molecule has 0 aromatic carbocycles. The molecule has 0 unspecified atom stereocenters. The third kappa shape index (κ3) is 6.76. The van der Waals surface area contributed by atoms with Gasteiger partial charge in [0.2, 0.25) is 0 Å². The molecule has 0 saturated heterocycles. The summed E-state index contributed by atoms with van der Waals surface area (Å²) in [7, 11) is 2.10. The number of rotatable bonds is 3. The van der Waals surface area contributed by atoms with Crippen molar-refractivity contribution in [1.82, 2.24) is 9.80 Å². The van der Waals surface area contributed by atoms with Crippen LogP contribution in [0.15, 0.2) is 12.4 Å². The number of nitrogens with zero attached hydrogens (tertiary/aromatic N) is 2. The van der Waals surface area contributed by atoms with Crippen molar-refractivity contribution in [2.75, 3.05) is 26.6 Å². The molecule has 3 heteroatoms. The second kappa shape index (κ2) is 9.72. The van der Waals surface area contributed by atoms with Gasteiger partial charge in [0.25, 0.3) is 0 Å². The lowest BCUT2D eigenvalue weighted by Gasteiger charge is -2.17. The minimum absolute atomic E-state index is 0. The fourth-order valence-electron chi connectivity index (χ4n) is 1.10. The second-order valence-corrected chi connectivity index (χ2v) is 2.86. The standard InChI is InChI=1S/C8H16N2.CH3Cl.CH4/c1-3-4-5-10-7-6-9(2)8-10;1-2;/h6-7H,3-5,8H2,1-2H3;1H3;1H4. The van der Waals surface area contributed by atoms with Crippen LogP contribution in [0.25, 0.3) is 0 Å². The van der Waals surface area contributed by atoms with Crippen LogP contribution >= 0.6 is 11.6 Å². The predicted octanol–water partition coefficient (Wildman–Crippen LogP) is 2.95. The summed E-state index contributed by atoms with van der Waals surface area (Å²) < 4.78 is 0. The molecule has 1 aliphatic rings. The van der Waals surface area contributed by atoms with Crippen LogP contribution < -0.4 is 0 Å². The van der Waals surface area contributed by atoms with Crippen LogP contribution in [0, 0.1) is 0 Å². The highest BCUT2D eigenvalue weighted by Crippen LogP contribution is 2.04. The number of alkyl halides is 1. The molecule has 2 nitrogen and oxygen atoms in total. The van der Waals surface area contributed by atoms with E-state index in [1.54, 1.807) is 0 Å². The topological polar surface area (TPSA) is 6.48 Å². The Kier molecular flexibility index (Phi) is 11.3. The van der Waals surface area contributed by atoms with Crippen molar-refractivity contribution < 1.29 is 0 Å². The first-order valence-corrected chi connectivity index (χ1v) is 5.09. The molecule has 0 bridgehead atoms. The predicted molar refractivity (Wildman–Crippen MR) is 61.9 cm³/mol. The van der Waals surface area contributed by atoms with E-state index in [4.69, 9.17) is 0 Å². The van der Waals surface area contributed by atoms with Gasteiger partial charge >= 0.3 is 0 Å². The van der Waals surface area contributed by atoms with Crippen molar-refractivity contribution in [2.45, 2.75) is 27.2 Å². The second-order valence-electron chi connectivity index (χ2n) is 2.86. The van der Waals surface area contributed by atoms with Gasteiger partial charge in [0, 0.05) is 32.4 Å². The Morgan fingerprint density at radius 1 is 1.31 bits per heavy atom. The summed E-state index contributed by atoms with van der Waals surface area (Å²) in [6.45, 7) is 4.50. The first-order valence-electron chi connectivity index (χ1n) is 4.33. The van der Waals surface area contributed by atoms with Gasteiger partial charge in [-0.05, 0) is 6.42 Å². The Balaban J connectivity index is 0. The number of hydrogen-bond donors (Lipinski definition) is 0. The molecule has 0 aromatic heterocycles. The maximum atomic E-state index is 4.64. The summed E-state index contributed by atoms with van der Waals surface area (Å²) >= 11 is 4.64. The lowest BCUT2D eigenvalue weighted by atomic mass is 10.3. The van der Waals surface area contributed by atoms with Gasteiger partial charge in [-0.15, -0.1) is 11.6 Å². The largest absolute Gasteiger partial charge is 0.362 e. The van der Waals surface area contributed by atoms with Crippen LogP contribution in [0.1, 0.15) is 27.2 Å². The van der Waals surface area contributed by atoms with E-state index in [0.717, 1.165) is 6.67 Å². The SMILES string of the molecule is C.CCCCN1C=CN(C)C1.CCl. The van der Waals surface area contributed by atoms with E-state index in [2.05, 4.69) is 47.8 Å². The molecule has 0 spiro atoms. The molecule has 0 N–H and O–H groups in total. The van der Waals surface area contributed by atoms with E-state index in [0.29, 0.717) is 0 Å². The van der Waals surface area contributed by atoms with Crippen molar-refractivity contribution in [3.8, 4) is 0 Å². The third-order valence-corrected chi connectivity index (χ3v) is 1.74. The van der Waals surface area contributed by atoms with Crippen molar-refractivity contribution in [2.24, 2.45) is 0 Å². The van der Waals surface area contributed by atoms with Crippen molar-refractivity contribution in [3.63, 3.8) is 0 Å². The Morgan fingerprint density at radius 2 is 1.92 bits per heavy atom. The Morgan fingerprint density at radius 3 is 2.31 bits per heavy atom. The molecule has 1 rings (SSSR count). The van der Waals surface area contributed by atoms with Gasteiger partial charge in [0.15, 0.2) is 0 Å². The smallest absolute Gasteiger partial charge is 0.0890 e. The van der Waals surface area contributed by atoms with Crippen LogP contribution in [-0.2, 0) is 0 Å². The zero-order valence-corrected chi connectivity index (χ0v) is 9.01. The van der Waals surface area contributed by atoms with E-state index in [1.807, 2.05) is 0 Å². The summed E-state index contributed by atoms with van der Waals surface area (Å²) in [5, 5.41) is 0. The Labute approximate surface area is 88.2 Å². The summed E-state index contributed by atoms with van der Waals surface area (Å²) in [6.07, 6.45) is 8.34. The Bertz CT molecular complexity index is 126. The Hall–Kier alpha value is -0.370. The third-order valence-electron chi connectivity index (χ3n) is 1.74. The van der Waals surface area contributed by atoms with E-state index in [9.17, 15) is 0 Å². The monoisotopic (exact) mass is 206 g/mol. The zero-order valence-electron chi connectivity index (χ0n) is 8.26. The molecule has 0 aromatic rings. The van der Waals surface area contributed by atoms with Crippen molar-refractivity contribution >= 4 is 11.6 Å². The summed E-state index contributed by atoms with van der Waals surface area (Å²) in [6, 6.07) is 0. The lowest BCUT2D eigenvalue weighted by Crippen LogP contribution is -2.23. The fraction of sp³-hybridized carbons (Fsp3) is 0.800. The first kappa shape index (κ1) is 15.1. The fourth-order valence-corrected chi connectivity index (χ4v) is 1.10. The van der Waals surface area contributed by atoms with Crippen molar-refractivity contribution in [1.29, 1.82) is 0 Å². The van der Waals surface area contributed by atoms with E-state index in [-0.39, 0.29) is 7.43 Å². The van der Waals surface area contributed by atoms with E-state index in [1.165, 1.54) is 25.8 Å². The van der Waals surface area contributed by atoms with Gasteiger partial charge in [-0.2, -0.15) is 0 Å². The average Bonchev–Trinajstić information content (AvgIpc) is 2.51. The lowest BCUT2D eigenvalue weighted by molar-refractivity contribution is 0.293. The molecular formula is C10H23ClN2. The molecule has 0 amide bonds. The van der Waals surface area contributed by atoms with Gasteiger partial charge in [-0.1, -0.05) is 20.8 Å². The minimum Gasteiger partial charge on any atom is -0.362 e. The van der Waals surface area contributed by atoms with Crippen LogP contribution in [0.3, 0.4) is 0 Å². The average molecular weight is 207 g/mol. The van der Waals surface area contributed by atoms with Gasteiger partial charge in [-0.3, -0.25) is 0 Å². The summed E-state index contributed by atoms with van der Waals surface area (Å²) in [5.41, 5.74) is 0. The number of hydrogen-bond acceptors (Lipinski definition) is 2. The first-order chi connectivity index (χ1) is 5.83. The van der Waals surface area contributed by atoms with Crippen LogP contribution in [0.4, 0.5) is 0 Å². The molecular weight excluding hydrogens is 184 g/mol. The van der Waals surface area contributed by atoms with Gasteiger partial charge < -0.3 is 9.80 Å². The molecule has 0 atom stereocenters. The van der Waals surface area contributed by atoms with Gasteiger partial charge in [-0.25, -0.2) is 0 Å². The highest BCUT2D eigenvalue weighted by atomic mass is 35.5. The normalized spacial score (nSPS) is 13.5. The minimum atomic E-state index is 0. The maximum absolute atomic E-state index is 4.64. The van der Waals surface area contributed by atoms with E-state index < -0.39 is 0 Å². The van der Waals surface area contributed by atoms with Gasteiger partial charge in [0.1, 0.15) is 0 Å². The van der Waals surface area contributed by atoms with Crippen molar-refractivity contribution in [3.05, 3.63) is 12.4 Å². The van der Waals surface area contributed by atoms with Crippen LogP contribution in [0.5, 0.6) is 0 Å². The molecule has 0 saturated carbocycles. The molecule has 0 aliphatic carbocycles. The van der Waals surface area contributed by atoms with E-state index >= 15 is 0 Å². The molecule has 13 heavy (non-hydrogen) atoms. The zero-order chi connectivity index (χ0) is 9.40. The molecule has 0 radical (unpaired) electrons.